The van der Waals surface area contributed by atoms with E-state index in [4.69, 9.17) is 7.85 Å². The van der Waals surface area contributed by atoms with Gasteiger partial charge in [-0.2, -0.15) is 0 Å². The lowest BCUT2D eigenvalue weighted by molar-refractivity contribution is 1.02. The first-order chi connectivity index (χ1) is 3.79. The molecule has 8 heavy (non-hydrogen) atoms. The average Bonchev–Trinajstić information content (AvgIpc) is 1.64. The lowest BCUT2D eigenvalue weighted by atomic mass is 9.91. The van der Waals surface area contributed by atoms with Gasteiger partial charge < -0.3 is 0 Å². The van der Waals surface area contributed by atoms with E-state index >= 15 is 0 Å². The van der Waals surface area contributed by atoms with Crippen molar-refractivity contribution in [3.8, 4) is 0 Å². The molecule has 0 aliphatic heterocycles. The third-order valence-corrected chi connectivity index (χ3v) is 1.71. The largest absolute Gasteiger partial charge is 0.113 e. The molecule has 1 rings (SSSR count). The molecule has 2 heteroatoms. The lowest BCUT2D eigenvalue weighted by Crippen LogP contribution is -1.85. The summed E-state index contributed by atoms with van der Waals surface area (Å²) >= 11 is 3.37. The van der Waals surface area contributed by atoms with Gasteiger partial charge in [0.2, 0.25) is 0 Å². The smallest absolute Gasteiger partial charge is 0.0998 e. The van der Waals surface area contributed by atoms with E-state index in [1.54, 1.807) is 0 Å². The standard InChI is InChI=1S/C6H6BBr/c7-5-2-1-3-6(8)4-5/h2,4H,1,3H2. The Hall–Kier alpha value is 0.0249. The molecule has 1 aliphatic rings. The molecule has 0 atom stereocenters. The first-order valence-corrected chi connectivity index (χ1v) is 3.40. The summed E-state index contributed by atoms with van der Waals surface area (Å²) in [5.41, 5.74) is 0.878. The van der Waals surface area contributed by atoms with Gasteiger partial charge in [0.05, 0.1) is 0 Å². The Morgan fingerprint density at radius 3 is 2.75 bits per heavy atom. The van der Waals surface area contributed by atoms with Crippen molar-refractivity contribution in [2.24, 2.45) is 0 Å². The van der Waals surface area contributed by atoms with Gasteiger partial charge in [0.15, 0.2) is 0 Å². The van der Waals surface area contributed by atoms with Crippen LogP contribution in [0, 0.1) is 0 Å². The SMILES string of the molecule is [B]C1=CCCC(Br)=C1. The first kappa shape index (κ1) is 6.15. The van der Waals surface area contributed by atoms with E-state index in [0.717, 1.165) is 18.3 Å². The molecule has 0 saturated carbocycles. The highest BCUT2D eigenvalue weighted by molar-refractivity contribution is 9.11. The number of hydrogen-bond acceptors (Lipinski definition) is 0. The highest BCUT2D eigenvalue weighted by atomic mass is 79.9. The molecule has 1 aliphatic carbocycles. The summed E-state index contributed by atoms with van der Waals surface area (Å²) < 4.78 is 1.21. The number of hydrogen-bond donors (Lipinski definition) is 0. The van der Waals surface area contributed by atoms with E-state index in [9.17, 15) is 0 Å². The average molecular weight is 169 g/mol. The van der Waals surface area contributed by atoms with Crippen LogP contribution in [0.25, 0.3) is 0 Å². The number of halogens is 1. The summed E-state index contributed by atoms with van der Waals surface area (Å²) in [6, 6.07) is 0. The zero-order valence-corrected chi connectivity index (χ0v) is 6.11. The maximum atomic E-state index is 5.48. The lowest BCUT2D eigenvalue weighted by Gasteiger charge is -2.03. The summed E-state index contributed by atoms with van der Waals surface area (Å²) in [7, 11) is 5.48. The molecule has 0 bridgehead atoms. The van der Waals surface area contributed by atoms with Crippen molar-refractivity contribution in [1.29, 1.82) is 0 Å². The van der Waals surface area contributed by atoms with Crippen molar-refractivity contribution in [3.63, 3.8) is 0 Å². The molecule has 40 valence electrons. The fourth-order valence-electron chi connectivity index (χ4n) is 0.689. The van der Waals surface area contributed by atoms with Crippen LogP contribution in [0.3, 0.4) is 0 Å². The van der Waals surface area contributed by atoms with Crippen LogP contribution in [-0.4, -0.2) is 7.85 Å². The Morgan fingerprint density at radius 1 is 1.62 bits per heavy atom. The van der Waals surface area contributed by atoms with Crippen LogP contribution in [0.2, 0.25) is 0 Å². The Morgan fingerprint density at radius 2 is 2.38 bits per heavy atom. The predicted octanol–water partition coefficient (Wildman–Crippen LogP) is 2.11. The van der Waals surface area contributed by atoms with Gasteiger partial charge in [-0.1, -0.05) is 33.6 Å². The van der Waals surface area contributed by atoms with E-state index in [1.165, 1.54) is 4.48 Å². The second kappa shape index (κ2) is 2.54. The van der Waals surface area contributed by atoms with Crippen molar-refractivity contribution in [1.82, 2.24) is 0 Å². The monoisotopic (exact) mass is 168 g/mol. The minimum atomic E-state index is 0.878. The Labute approximate surface area is 59.2 Å². The minimum Gasteiger partial charge on any atom is -0.0998 e. The van der Waals surface area contributed by atoms with Gasteiger partial charge in [0.1, 0.15) is 7.85 Å². The van der Waals surface area contributed by atoms with Gasteiger partial charge in [-0.15, -0.1) is 0 Å². The first-order valence-electron chi connectivity index (χ1n) is 2.61. The van der Waals surface area contributed by atoms with Crippen LogP contribution >= 0.6 is 15.9 Å². The van der Waals surface area contributed by atoms with E-state index < -0.39 is 0 Å². The molecule has 0 N–H and O–H groups in total. The molecule has 0 fully saturated rings. The van der Waals surface area contributed by atoms with Crippen LogP contribution in [0.5, 0.6) is 0 Å². The molecular formula is C6H6BBr. The molecule has 0 aromatic heterocycles. The second-order valence-corrected chi connectivity index (χ2v) is 2.85. The molecule has 0 aromatic rings. The van der Waals surface area contributed by atoms with E-state index in [0.29, 0.717) is 0 Å². The predicted molar refractivity (Wildman–Crippen MR) is 40.1 cm³/mol. The Kier molecular flexibility index (Phi) is 1.95. The maximum absolute atomic E-state index is 5.48. The third-order valence-electron chi connectivity index (χ3n) is 1.09. The van der Waals surface area contributed by atoms with Gasteiger partial charge in [-0.3, -0.25) is 0 Å². The molecule has 0 amide bonds. The Balaban J connectivity index is 2.69. The summed E-state index contributed by atoms with van der Waals surface area (Å²) in [4.78, 5) is 0. The molecular weight excluding hydrogens is 163 g/mol. The second-order valence-electron chi connectivity index (χ2n) is 1.83. The molecule has 0 saturated heterocycles. The van der Waals surface area contributed by atoms with Gasteiger partial charge in [-0.25, -0.2) is 0 Å². The molecule has 0 spiro atoms. The highest BCUT2D eigenvalue weighted by Crippen LogP contribution is 2.19. The fourth-order valence-corrected chi connectivity index (χ4v) is 1.18. The zero-order valence-electron chi connectivity index (χ0n) is 4.52. The normalized spacial score (nSPS) is 19.6. The number of rotatable bonds is 0. The van der Waals surface area contributed by atoms with Crippen molar-refractivity contribution in [2.45, 2.75) is 12.8 Å². The van der Waals surface area contributed by atoms with Crippen molar-refractivity contribution in [3.05, 3.63) is 22.1 Å². The summed E-state index contributed by atoms with van der Waals surface area (Å²) in [6.07, 6.45) is 6.15. The van der Waals surface area contributed by atoms with Crippen LogP contribution < -0.4 is 0 Å². The molecule has 0 unspecified atom stereocenters. The van der Waals surface area contributed by atoms with E-state index in [-0.39, 0.29) is 0 Å². The Bertz CT molecular complexity index is 147. The van der Waals surface area contributed by atoms with E-state index in [2.05, 4.69) is 15.9 Å². The summed E-state index contributed by atoms with van der Waals surface area (Å²) in [5.74, 6) is 0. The van der Waals surface area contributed by atoms with Crippen LogP contribution in [0.4, 0.5) is 0 Å². The van der Waals surface area contributed by atoms with Crippen LogP contribution in [0.15, 0.2) is 22.1 Å². The molecule has 0 nitrogen and oxygen atoms in total. The van der Waals surface area contributed by atoms with Gasteiger partial charge in [0.25, 0.3) is 0 Å². The van der Waals surface area contributed by atoms with Crippen molar-refractivity contribution in [2.75, 3.05) is 0 Å². The molecule has 2 radical (unpaired) electrons. The van der Waals surface area contributed by atoms with Gasteiger partial charge in [0, 0.05) is 0 Å². The maximum Gasteiger partial charge on any atom is 0.113 e. The summed E-state index contributed by atoms with van der Waals surface area (Å²) in [5, 5.41) is 0. The van der Waals surface area contributed by atoms with Gasteiger partial charge in [-0.05, 0) is 17.3 Å². The topological polar surface area (TPSA) is 0 Å². The third kappa shape index (κ3) is 1.51. The van der Waals surface area contributed by atoms with Crippen LogP contribution in [0.1, 0.15) is 12.8 Å². The molecule has 0 heterocycles. The molecule has 0 aromatic carbocycles. The van der Waals surface area contributed by atoms with E-state index in [1.807, 2.05) is 12.2 Å². The van der Waals surface area contributed by atoms with Crippen molar-refractivity contribution < 1.29 is 0 Å². The van der Waals surface area contributed by atoms with Crippen LogP contribution in [-0.2, 0) is 0 Å². The number of allylic oxidation sites excluding steroid dienone is 4. The quantitative estimate of drug-likeness (QED) is 0.487. The highest BCUT2D eigenvalue weighted by Gasteiger charge is 1.96. The minimum absolute atomic E-state index is 0.878. The zero-order chi connectivity index (χ0) is 5.98. The fraction of sp³-hybridized carbons (Fsp3) is 0.333. The van der Waals surface area contributed by atoms with Crippen molar-refractivity contribution >= 4 is 23.8 Å². The van der Waals surface area contributed by atoms with Gasteiger partial charge >= 0.3 is 0 Å². The summed E-state index contributed by atoms with van der Waals surface area (Å²) in [6.45, 7) is 0.